The van der Waals surface area contributed by atoms with Gasteiger partial charge in [0.1, 0.15) is 46.8 Å². The standard InChI is InChI=1S/C31H31FN8O2/c1-2-37-31(12-13-31)16-20(17-33)30(41)39-14-6-7-21(18-39)40-29-26(28(34)35-19-36-29)27(38-40)24-11-10-23(15-25(24)32)42-22-8-4-3-5-9-22/h3-5,8-11,15-16,19,21,37H,2,6-7,12-14,18H2,1H3,(H2,34,35,36). The van der Waals surface area contributed by atoms with Gasteiger partial charge >= 0.3 is 0 Å². The fourth-order valence-electron chi connectivity index (χ4n) is 5.60. The number of nitrogens with one attached hydrogen (secondary N) is 1. The highest BCUT2D eigenvalue weighted by Gasteiger charge is 2.41. The summed E-state index contributed by atoms with van der Waals surface area (Å²) in [7, 11) is 0. The minimum Gasteiger partial charge on any atom is -0.457 e. The molecule has 42 heavy (non-hydrogen) atoms. The molecule has 1 aliphatic carbocycles. The van der Waals surface area contributed by atoms with Gasteiger partial charge in [-0.05, 0) is 62.6 Å². The van der Waals surface area contributed by atoms with Gasteiger partial charge in [-0.25, -0.2) is 19.0 Å². The Bertz CT molecular complexity index is 1710. The molecular formula is C31H31FN8O2. The number of nitrogens with two attached hydrogens (primary N) is 1. The summed E-state index contributed by atoms with van der Waals surface area (Å²) in [4.78, 5) is 23.7. The molecule has 1 atom stereocenters. The van der Waals surface area contributed by atoms with Crippen molar-refractivity contribution in [3.63, 3.8) is 0 Å². The van der Waals surface area contributed by atoms with Crippen molar-refractivity contribution in [2.75, 3.05) is 25.4 Å². The number of amides is 1. The number of carbonyl (C=O) groups is 1. The summed E-state index contributed by atoms with van der Waals surface area (Å²) in [5, 5.41) is 18.4. The number of piperidine rings is 1. The second-order valence-corrected chi connectivity index (χ2v) is 10.7. The zero-order valence-electron chi connectivity index (χ0n) is 23.3. The monoisotopic (exact) mass is 566 g/mol. The number of anilines is 1. The van der Waals surface area contributed by atoms with E-state index in [4.69, 9.17) is 15.6 Å². The molecule has 0 bridgehead atoms. The van der Waals surface area contributed by atoms with Gasteiger partial charge in [0.25, 0.3) is 5.91 Å². The number of benzene rings is 2. The SMILES string of the molecule is CCNC1(C=C(C#N)C(=O)N2CCCC(n3nc(-c4ccc(Oc5ccccc5)cc4F)c4c(N)ncnc43)C2)CC1. The molecule has 0 spiro atoms. The highest BCUT2D eigenvalue weighted by atomic mass is 19.1. The minimum absolute atomic E-state index is 0.145. The van der Waals surface area contributed by atoms with Gasteiger partial charge < -0.3 is 20.7 Å². The first-order valence-electron chi connectivity index (χ1n) is 14.1. The second-order valence-electron chi connectivity index (χ2n) is 10.7. The smallest absolute Gasteiger partial charge is 0.264 e. The lowest BCUT2D eigenvalue weighted by Crippen LogP contribution is -2.42. The van der Waals surface area contributed by atoms with E-state index in [2.05, 4.69) is 21.4 Å². The molecule has 1 saturated carbocycles. The number of carbonyl (C=O) groups excluding carboxylic acids is 1. The molecule has 6 rings (SSSR count). The molecule has 1 amide bonds. The normalized spacial score (nSPS) is 18.1. The van der Waals surface area contributed by atoms with Gasteiger partial charge in [-0.3, -0.25) is 4.79 Å². The zero-order chi connectivity index (χ0) is 29.3. The summed E-state index contributed by atoms with van der Waals surface area (Å²) >= 11 is 0. The number of aromatic nitrogens is 4. The quantitative estimate of drug-likeness (QED) is 0.230. The number of likely N-dealkylation sites (tertiary alicyclic amines) is 1. The molecule has 4 aromatic rings. The van der Waals surface area contributed by atoms with E-state index in [0.717, 1.165) is 25.8 Å². The van der Waals surface area contributed by atoms with E-state index in [0.29, 0.717) is 47.7 Å². The number of likely N-dealkylation sites (N-methyl/N-ethyl adjacent to an activating group) is 1. The van der Waals surface area contributed by atoms with E-state index in [-0.39, 0.29) is 34.4 Å². The fraction of sp³-hybridized carbons (Fsp3) is 0.323. The van der Waals surface area contributed by atoms with Crippen molar-refractivity contribution >= 4 is 22.8 Å². The predicted octanol–water partition coefficient (Wildman–Crippen LogP) is 4.76. The van der Waals surface area contributed by atoms with Crippen LogP contribution >= 0.6 is 0 Å². The number of hydrogen-bond acceptors (Lipinski definition) is 8. The zero-order valence-corrected chi connectivity index (χ0v) is 23.3. The molecule has 0 radical (unpaired) electrons. The van der Waals surface area contributed by atoms with Gasteiger partial charge in [0, 0.05) is 30.3 Å². The first-order chi connectivity index (χ1) is 20.4. The van der Waals surface area contributed by atoms with Gasteiger partial charge in [0.05, 0.1) is 11.4 Å². The Hall–Kier alpha value is -4.82. The predicted molar refractivity (Wildman–Crippen MR) is 156 cm³/mol. The van der Waals surface area contributed by atoms with E-state index in [1.54, 1.807) is 39.9 Å². The van der Waals surface area contributed by atoms with E-state index in [1.165, 1.54) is 12.4 Å². The number of para-hydroxylation sites is 1. The molecule has 1 saturated heterocycles. The summed E-state index contributed by atoms with van der Waals surface area (Å²) in [6.07, 6.45) is 6.38. The Morgan fingerprint density at radius 1 is 1.24 bits per heavy atom. The van der Waals surface area contributed by atoms with Crippen LogP contribution in [0.2, 0.25) is 0 Å². The summed E-state index contributed by atoms with van der Waals surface area (Å²) < 4.78 is 23.0. The number of nitrogen functional groups attached to an aromatic ring is 1. The Morgan fingerprint density at radius 3 is 2.76 bits per heavy atom. The van der Waals surface area contributed by atoms with E-state index < -0.39 is 5.82 Å². The third kappa shape index (κ3) is 5.29. The molecule has 3 N–H and O–H groups in total. The van der Waals surface area contributed by atoms with Crippen LogP contribution in [-0.2, 0) is 4.79 Å². The van der Waals surface area contributed by atoms with Gasteiger partial charge in [-0.15, -0.1) is 0 Å². The van der Waals surface area contributed by atoms with Crippen molar-refractivity contribution in [1.29, 1.82) is 5.26 Å². The molecule has 3 heterocycles. The van der Waals surface area contributed by atoms with Crippen molar-refractivity contribution in [2.45, 2.75) is 44.2 Å². The molecule has 214 valence electrons. The number of hydrogen-bond donors (Lipinski definition) is 2. The maximum atomic E-state index is 15.5. The average Bonchev–Trinajstić information content (AvgIpc) is 3.65. The third-order valence-electron chi connectivity index (χ3n) is 7.81. The molecular weight excluding hydrogens is 535 g/mol. The molecule has 2 aromatic carbocycles. The Kier molecular flexibility index (Phi) is 7.31. The fourth-order valence-corrected chi connectivity index (χ4v) is 5.60. The van der Waals surface area contributed by atoms with Crippen LogP contribution in [0.25, 0.3) is 22.3 Å². The number of halogens is 1. The first kappa shape index (κ1) is 27.4. The maximum Gasteiger partial charge on any atom is 0.264 e. The molecule has 1 unspecified atom stereocenters. The van der Waals surface area contributed by atoms with Crippen molar-refractivity contribution in [3.8, 4) is 28.8 Å². The average molecular weight is 567 g/mol. The summed E-state index contributed by atoms with van der Waals surface area (Å²) in [5.41, 5.74) is 7.16. The number of nitrogens with zero attached hydrogens (tertiary/aromatic N) is 6. The lowest BCUT2D eigenvalue weighted by molar-refractivity contribution is -0.128. The van der Waals surface area contributed by atoms with Crippen LogP contribution in [0, 0.1) is 17.1 Å². The van der Waals surface area contributed by atoms with Crippen LogP contribution in [0.3, 0.4) is 0 Å². The van der Waals surface area contributed by atoms with Crippen LogP contribution < -0.4 is 15.8 Å². The minimum atomic E-state index is -0.530. The lowest BCUT2D eigenvalue weighted by Gasteiger charge is -2.33. The van der Waals surface area contributed by atoms with Crippen molar-refractivity contribution in [3.05, 3.63) is 72.3 Å². The van der Waals surface area contributed by atoms with E-state index >= 15 is 4.39 Å². The van der Waals surface area contributed by atoms with Gasteiger partial charge in [0.15, 0.2) is 5.65 Å². The number of nitriles is 1. The number of fused-ring (bicyclic) bond motifs is 1. The molecule has 11 heteroatoms. The van der Waals surface area contributed by atoms with Gasteiger partial charge in [0.2, 0.25) is 0 Å². The molecule has 2 fully saturated rings. The summed E-state index contributed by atoms with van der Waals surface area (Å²) in [5.74, 6) is 0.299. The second kappa shape index (κ2) is 11.2. The van der Waals surface area contributed by atoms with E-state index in [9.17, 15) is 10.1 Å². The van der Waals surface area contributed by atoms with Gasteiger partial charge in [-0.1, -0.05) is 25.1 Å². The number of rotatable bonds is 8. The van der Waals surface area contributed by atoms with Crippen LogP contribution in [0.5, 0.6) is 11.5 Å². The highest BCUT2D eigenvalue weighted by molar-refractivity contribution is 5.99. The largest absolute Gasteiger partial charge is 0.457 e. The summed E-state index contributed by atoms with van der Waals surface area (Å²) in [6.45, 7) is 3.63. The Labute approximate surface area is 242 Å². The third-order valence-corrected chi connectivity index (χ3v) is 7.81. The highest BCUT2D eigenvalue weighted by Crippen LogP contribution is 2.39. The van der Waals surface area contributed by atoms with Crippen LogP contribution in [0.4, 0.5) is 10.2 Å². The van der Waals surface area contributed by atoms with Gasteiger partial charge in [-0.2, -0.15) is 10.4 Å². The molecule has 10 nitrogen and oxygen atoms in total. The van der Waals surface area contributed by atoms with Crippen LogP contribution in [0.15, 0.2) is 66.5 Å². The van der Waals surface area contributed by atoms with Crippen molar-refractivity contribution in [2.24, 2.45) is 0 Å². The van der Waals surface area contributed by atoms with Crippen LogP contribution in [0.1, 0.15) is 38.6 Å². The summed E-state index contributed by atoms with van der Waals surface area (Å²) in [6, 6.07) is 15.6. The molecule has 2 aromatic heterocycles. The van der Waals surface area contributed by atoms with E-state index in [1.807, 2.05) is 25.1 Å². The molecule has 1 aliphatic heterocycles. The lowest BCUT2D eigenvalue weighted by atomic mass is 10.0. The molecule has 2 aliphatic rings. The van der Waals surface area contributed by atoms with Crippen LogP contribution in [-0.4, -0.2) is 55.7 Å². The van der Waals surface area contributed by atoms with Crippen molar-refractivity contribution < 1.29 is 13.9 Å². The number of ether oxygens (including phenoxy) is 1. The Balaban J connectivity index is 1.30. The maximum absolute atomic E-state index is 15.5. The first-order valence-corrected chi connectivity index (χ1v) is 14.1. The van der Waals surface area contributed by atoms with Crippen molar-refractivity contribution in [1.82, 2.24) is 30.0 Å². The topological polar surface area (TPSA) is 135 Å². The Morgan fingerprint density at radius 2 is 2.05 bits per heavy atom.